The third-order valence-electron chi connectivity index (χ3n) is 5.42. The van der Waals surface area contributed by atoms with Crippen molar-refractivity contribution in [1.29, 1.82) is 0 Å². The SMILES string of the molecule is C[C@@H]1OC(c2ccc(OCCCO)cc2)=N[C@@]12Cc1ccccc1N(C)C2=O. The second-order valence-corrected chi connectivity index (χ2v) is 7.22. The molecule has 1 amide bonds. The number of aliphatic imine (C=N–C) groups is 1. The molecule has 0 unspecified atom stereocenters. The van der Waals surface area contributed by atoms with Gasteiger partial charge in [0.25, 0.3) is 5.91 Å². The van der Waals surface area contributed by atoms with Crippen LogP contribution < -0.4 is 9.64 Å². The molecule has 6 heteroatoms. The van der Waals surface area contributed by atoms with Gasteiger partial charge in [0.15, 0.2) is 5.54 Å². The Labute approximate surface area is 164 Å². The Bertz CT molecular complexity index is 909. The fraction of sp³-hybridized carbons (Fsp3) is 0.364. The average molecular weight is 380 g/mol. The Kier molecular flexibility index (Phi) is 4.81. The molecule has 2 heterocycles. The van der Waals surface area contributed by atoms with Gasteiger partial charge in [0.2, 0.25) is 5.90 Å². The van der Waals surface area contributed by atoms with Crippen LogP contribution in [0.1, 0.15) is 24.5 Å². The van der Waals surface area contributed by atoms with Crippen molar-refractivity contribution in [2.45, 2.75) is 31.4 Å². The van der Waals surface area contributed by atoms with Crippen LogP contribution in [0.25, 0.3) is 0 Å². The first kappa shape index (κ1) is 18.5. The van der Waals surface area contributed by atoms with E-state index in [2.05, 4.69) is 0 Å². The minimum absolute atomic E-state index is 0.0438. The van der Waals surface area contributed by atoms with Gasteiger partial charge in [-0.05, 0) is 42.8 Å². The third-order valence-corrected chi connectivity index (χ3v) is 5.42. The summed E-state index contributed by atoms with van der Waals surface area (Å²) in [5.41, 5.74) is 1.90. The van der Waals surface area contributed by atoms with E-state index < -0.39 is 5.54 Å². The number of rotatable bonds is 5. The van der Waals surface area contributed by atoms with Crippen molar-refractivity contribution in [1.82, 2.24) is 0 Å². The van der Waals surface area contributed by atoms with Gasteiger partial charge in [0, 0.05) is 37.7 Å². The predicted molar refractivity (Wildman–Crippen MR) is 107 cm³/mol. The normalized spacial score (nSPS) is 23.4. The number of para-hydroxylation sites is 1. The van der Waals surface area contributed by atoms with Gasteiger partial charge in [-0.3, -0.25) is 4.79 Å². The van der Waals surface area contributed by atoms with Crippen LogP contribution in [0, 0.1) is 0 Å². The zero-order chi connectivity index (χ0) is 19.7. The summed E-state index contributed by atoms with van der Waals surface area (Å²) < 4.78 is 11.6. The van der Waals surface area contributed by atoms with E-state index in [0.717, 1.165) is 22.6 Å². The van der Waals surface area contributed by atoms with Crippen molar-refractivity contribution < 1.29 is 19.4 Å². The number of carbonyl (C=O) groups is 1. The van der Waals surface area contributed by atoms with Crippen LogP contribution in [-0.2, 0) is 16.0 Å². The first-order valence-electron chi connectivity index (χ1n) is 9.52. The van der Waals surface area contributed by atoms with Crippen LogP contribution in [0.15, 0.2) is 53.5 Å². The van der Waals surface area contributed by atoms with Crippen molar-refractivity contribution in [3.8, 4) is 5.75 Å². The maximum absolute atomic E-state index is 13.2. The van der Waals surface area contributed by atoms with Crippen LogP contribution in [0.4, 0.5) is 5.69 Å². The van der Waals surface area contributed by atoms with Gasteiger partial charge >= 0.3 is 0 Å². The average Bonchev–Trinajstić information content (AvgIpc) is 3.04. The molecule has 2 aromatic carbocycles. The molecule has 0 bridgehead atoms. The lowest BCUT2D eigenvalue weighted by Gasteiger charge is -2.38. The lowest BCUT2D eigenvalue weighted by molar-refractivity contribution is -0.125. The van der Waals surface area contributed by atoms with Crippen LogP contribution in [0.2, 0.25) is 0 Å². The topological polar surface area (TPSA) is 71.4 Å². The van der Waals surface area contributed by atoms with Crippen LogP contribution in [-0.4, -0.2) is 48.8 Å². The highest BCUT2D eigenvalue weighted by Gasteiger charge is 2.54. The number of anilines is 1. The number of aliphatic hydroxyl groups excluding tert-OH is 1. The van der Waals surface area contributed by atoms with E-state index in [0.29, 0.717) is 25.3 Å². The van der Waals surface area contributed by atoms with E-state index in [1.807, 2.05) is 55.5 Å². The molecule has 2 aliphatic rings. The summed E-state index contributed by atoms with van der Waals surface area (Å²) in [7, 11) is 1.79. The van der Waals surface area contributed by atoms with Crippen molar-refractivity contribution in [2.24, 2.45) is 4.99 Å². The van der Waals surface area contributed by atoms with Gasteiger partial charge in [-0.15, -0.1) is 0 Å². The molecule has 0 aromatic heterocycles. The van der Waals surface area contributed by atoms with E-state index >= 15 is 0 Å². The quantitative estimate of drug-likeness (QED) is 0.810. The highest BCUT2D eigenvalue weighted by atomic mass is 16.5. The first-order chi connectivity index (χ1) is 13.5. The highest BCUT2D eigenvalue weighted by molar-refractivity contribution is 6.08. The standard InChI is InChI=1S/C22H24N2O4/c1-15-22(14-17-6-3-4-7-19(17)24(2)21(22)26)23-20(28-15)16-8-10-18(11-9-16)27-13-5-12-25/h3-4,6-11,15,25H,5,12-14H2,1-2H3/t15-,22-/m0/s1. The molecular weight excluding hydrogens is 356 g/mol. The fourth-order valence-electron chi connectivity index (χ4n) is 3.80. The molecule has 0 saturated carbocycles. The van der Waals surface area contributed by atoms with E-state index in [9.17, 15) is 4.79 Å². The number of carbonyl (C=O) groups excluding carboxylic acids is 1. The number of likely N-dealkylation sites (N-methyl/N-ethyl adjacent to an activating group) is 1. The lowest BCUT2D eigenvalue weighted by Crippen LogP contribution is -2.56. The van der Waals surface area contributed by atoms with Gasteiger partial charge in [0.05, 0.1) is 6.61 Å². The first-order valence-corrected chi connectivity index (χ1v) is 9.52. The van der Waals surface area contributed by atoms with E-state index in [1.165, 1.54) is 0 Å². The number of benzene rings is 2. The predicted octanol–water partition coefficient (Wildman–Crippen LogP) is 2.57. The molecule has 2 atom stereocenters. The Morgan fingerprint density at radius 1 is 1.25 bits per heavy atom. The lowest BCUT2D eigenvalue weighted by atomic mass is 9.82. The number of nitrogens with zero attached hydrogens (tertiary/aromatic N) is 2. The number of ether oxygens (including phenoxy) is 2. The minimum atomic E-state index is -0.936. The van der Waals surface area contributed by atoms with Crippen molar-refractivity contribution in [3.63, 3.8) is 0 Å². The molecule has 2 aliphatic heterocycles. The third kappa shape index (κ3) is 3.03. The van der Waals surface area contributed by atoms with Gasteiger partial charge < -0.3 is 19.5 Å². The summed E-state index contributed by atoms with van der Waals surface area (Å²) >= 11 is 0. The summed E-state index contributed by atoms with van der Waals surface area (Å²) in [6.07, 6.45) is 0.764. The molecule has 2 aromatic rings. The van der Waals surface area contributed by atoms with Crippen molar-refractivity contribution >= 4 is 17.5 Å². The van der Waals surface area contributed by atoms with Crippen molar-refractivity contribution in [3.05, 3.63) is 59.7 Å². The molecule has 0 fully saturated rings. The summed E-state index contributed by atoms with van der Waals surface area (Å²) in [6.45, 7) is 2.48. The number of hydrogen-bond donors (Lipinski definition) is 1. The van der Waals surface area contributed by atoms with Crippen LogP contribution >= 0.6 is 0 Å². The van der Waals surface area contributed by atoms with Gasteiger partial charge in [-0.1, -0.05) is 18.2 Å². The fourth-order valence-corrected chi connectivity index (χ4v) is 3.80. The molecule has 6 nitrogen and oxygen atoms in total. The zero-order valence-electron chi connectivity index (χ0n) is 16.1. The number of aliphatic hydroxyl groups is 1. The van der Waals surface area contributed by atoms with Crippen molar-refractivity contribution in [2.75, 3.05) is 25.2 Å². The molecule has 4 rings (SSSR count). The maximum atomic E-state index is 13.2. The van der Waals surface area contributed by atoms with E-state index in [1.54, 1.807) is 11.9 Å². The Morgan fingerprint density at radius 2 is 2.00 bits per heavy atom. The van der Waals surface area contributed by atoms with Gasteiger partial charge in [0.1, 0.15) is 11.9 Å². The van der Waals surface area contributed by atoms with E-state index in [-0.39, 0.29) is 18.6 Å². The second kappa shape index (κ2) is 7.28. The smallest absolute Gasteiger partial charge is 0.259 e. The summed E-state index contributed by atoms with van der Waals surface area (Å²) in [5, 5.41) is 8.84. The molecule has 0 saturated heterocycles. The molecule has 146 valence electrons. The summed E-state index contributed by atoms with van der Waals surface area (Å²) in [4.78, 5) is 19.7. The zero-order valence-corrected chi connectivity index (χ0v) is 16.1. The second-order valence-electron chi connectivity index (χ2n) is 7.22. The van der Waals surface area contributed by atoms with Gasteiger partial charge in [-0.2, -0.15) is 0 Å². The molecule has 28 heavy (non-hydrogen) atoms. The monoisotopic (exact) mass is 380 g/mol. The molecular formula is C22H24N2O4. The Hall–Kier alpha value is -2.86. The van der Waals surface area contributed by atoms with E-state index in [4.69, 9.17) is 19.6 Å². The summed E-state index contributed by atoms with van der Waals surface area (Å²) in [5.74, 6) is 1.16. The molecule has 1 N–H and O–H groups in total. The number of fused-ring (bicyclic) bond motifs is 1. The van der Waals surface area contributed by atoms with Crippen LogP contribution in [0.3, 0.4) is 0 Å². The number of amides is 1. The maximum Gasteiger partial charge on any atom is 0.259 e. The summed E-state index contributed by atoms with van der Waals surface area (Å²) in [6, 6.07) is 15.4. The van der Waals surface area contributed by atoms with Crippen LogP contribution in [0.5, 0.6) is 5.75 Å². The number of hydrogen-bond acceptors (Lipinski definition) is 5. The Balaban J connectivity index is 1.61. The minimum Gasteiger partial charge on any atom is -0.494 e. The molecule has 0 radical (unpaired) electrons. The Morgan fingerprint density at radius 3 is 2.75 bits per heavy atom. The van der Waals surface area contributed by atoms with Gasteiger partial charge in [-0.25, -0.2) is 4.99 Å². The molecule has 0 aliphatic carbocycles. The molecule has 1 spiro atoms. The highest BCUT2D eigenvalue weighted by Crippen LogP contribution is 2.40. The largest absolute Gasteiger partial charge is 0.494 e.